The Kier molecular flexibility index (Phi) is 10.9. The number of aliphatic imine (C=N–C) groups is 1. The maximum atomic E-state index is 11.9. The number of hydrogen-bond donors (Lipinski definition) is 4. The summed E-state index contributed by atoms with van der Waals surface area (Å²) in [4.78, 5) is 16.6. The van der Waals surface area contributed by atoms with Crippen molar-refractivity contribution >= 4 is 36.0 Å². The summed E-state index contributed by atoms with van der Waals surface area (Å²) in [6.07, 6.45) is 6.35. The molecule has 2 rings (SSSR count). The number of rotatable bonds is 5. The van der Waals surface area contributed by atoms with E-state index in [2.05, 4.69) is 22.9 Å². The summed E-state index contributed by atoms with van der Waals surface area (Å²) in [5, 5.41) is 19.8. The van der Waals surface area contributed by atoms with Crippen LogP contribution in [0.15, 0.2) is 4.99 Å². The molecule has 7 nitrogen and oxygen atoms in total. The van der Waals surface area contributed by atoms with Crippen LogP contribution in [0.3, 0.4) is 0 Å². The molecule has 0 radical (unpaired) electrons. The van der Waals surface area contributed by atoms with E-state index >= 15 is 0 Å². The van der Waals surface area contributed by atoms with Gasteiger partial charge in [0.15, 0.2) is 5.96 Å². The third kappa shape index (κ3) is 9.15. The number of nitrogens with zero attached hydrogens (tertiary/aromatic N) is 1. The Balaban J connectivity index is 0.00000392. The highest BCUT2D eigenvalue weighted by Crippen LogP contribution is 2.25. The molecule has 8 heteroatoms. The third-order valence-corrected chi connectivity index (χ3v) is 5.24. The van der Waals surface area contributed by atoms with Crippen molar-refractivity contribution in [1.82, 2.24) is 16.0 Å². The maximum absolute atomic E-state index is 11.9. The molecule has 0 bridgehead atoms. The SMILES string of the molecule is CCNC(=NCC1CCCC1O)NC1CCC(NC(=O)OC(C)(C)C)CC1.I. The molecule has 2 atom stereocenters. The molecule has 0 aromatic rings. The van der Waals surface area contributed by atoms with Crippen LogP contribution in [0.1, 0.15) is 72.6 Å². The molecule has 164 valence electrons. The molecule has 2 aliphatic carbocycles. The molecule has 0 saturated heterocycles. The van der Waals surface area contributed by atoms with Gasteiger partial charge in [-0.3, -0.25) is 4.99 Å². The minimum absolute atomic E-state index is 0. The summed E-state index contributed by atoms with van der Waals surface area (Å²) in [7, 11) is 0. The topological polar surface area (TPSA) is 95.0 Å². The number of halogens is 1. The Morgan fingerprint density at radius 2 is 1.68 bits per heavy atom. The van der Waals surface area contributed by atoms with E-state index in [0.29, 0.717) is 12.6 Å². The summed E-state index contributed by atoms with van der Waals surface area (Å²) in [6, 6.07) is 0.527. The zero-order chi connectivity index (χ0) is 19.9. The van der Waals surface area contributed by atoms with Crippen molar-refractivity contribution in [2.24, 2.45) is 10.9 Å². The number of aliphatic hydroxyl groups excluding tert-OH is 1. The van der Waals surface area contributed by atoms with Crippen molar-refractivity contribution in [3.63, 3.8) is 0 Å². The fourth-order valence-corrected chi connectivity index (χ4v) is 3.81. The minimum atomic E-state index is -0.465. The van der Waals surface area contributed by atoms with Crippen LogP contribution in [-0.4, -0.2) is 54.0 Å². The molecule has 0 aromatic carbocycles. The van der Waals surface area contributed by atoms with Gasteiger partial charge in [0.2, 0.25) is 0 Å². The Labute approximate surface area is 186 Å². The molecular weight excluding hydrogens is 471 g/mol. The van der Waals surface area contributed by atoms with Gasteiger partial charge in [0.05, 0.1) is 6.10 Å². The van der Waals surface area contributed by atoms with Gasteiger partial charge < -0.3 is 25.8 Å². The quantitative estimate of drug-likeness (QED) is 0.259. The average molecular weight is 510 g/mol. The number of hydrogen-bond acceptors (Lipinski definition) is 4. The summed E-state index contributed by atoms with van der Waals surface area (Å²) in [5.41, 5.74) is -0.465. The van der Waals surface area contributed by atoms with Crippen molar-refractivity contribution in [3.05, 3.63) is 0 Å². The number of carbonyl (C=O) groups is 1. The van der Waals surface area contributed by atoms with Gasteiger partial charge in [-0.05, 0) is 66.2 Å². The van der Waals surface area contributed by atoms with Crippen LogP contribution in [0, 0.1) is 5.92 Å². The van der Waals surface area contributed by atoms with E-state index in [4.69, 9.17) is 9.73 Å². The van der Waals surface area contributed by atoms with Crippen LogP contribution in [0.4, 0.5) is 4.79 Å². The van der Waals surface area contributed by atoms with Gasteiger partial charge in [0.25, 0.3) is 0 Å². The zero-order valence-corrected chi connectivity index (χ0v) is 20.1. The van der Waals surface area contributed by atoms with E-state index in [1.54, 1.807) is 0 Å². The van der Waals surface area contributed by atoms with Crippen LogP contribution in [0.25, 0.3) is 0 Å². The van der Waals surface area contributed by atoms with E-state index in [0.717, 1.165) is 57.5 Å². The monoisotopic (exact) mass is 510 g/mol. The first-order valence-electron chi connectivity index (χ1n) is 10.5. The fraction of sp³-hybridized carbons (Fsp3) is 0.900. The summed E-state index contributed by atoms with van der Waals surface area (Å²) >= 11 is 0. The molecule has 0 aliphatic heterocycles. The number of alkyl carbamates (subject to hydrolysis) is 1. The van der Waals surface area contributed by atoms with Crippen LogP contribution in [0.2, 0.25) is 0 Å². The van der Waals surface area contributed by atoms with Crippen molar-refractivity contribution < 1.29 is 14.6 Å². The van der Waals surface area contributed by atoms with E-state index in [1.807, 2.05) is 20.8 Å². The zero-order valence-electron chi connectivity index (χ0n) is 17.8. The second-order valence-electron chi connectivity index (χ2n) is 8.82. The lowest BCUT2D eigenvalue weighted by Crippen LogP contribution is -2.48. The Morgan fingerprint density at radius 3 is 2.18 bits per heavy atom. The molecule has 2 fully saturated rings. The second-order valence-corrected chi connectivity index (χ2v) is 8.82. The molecular formula is C20H39IN4O3. The van der Waals surface area contributed by atoms with Crippen molar-refractivity contribution in [1.29, 1.82) is 0 Å². The second kappa shape index (κ2) is 12.0. The van der Waals surface area contributed by atoms with E-state index in [9.17, 15) is 9.90 Å². The lowest BCUT2D eigenvalue weighted by atomic mass is 9.91. The van der Waals surface area contributed by atoms with Gasteiger partial charge in [0.1, 0.15) is 5.60 Å². The Bertz CT molecular complexity index is 502. The van der Waals surface area contributed by atoms with Gasteiger partial charge in [0, 0.05) is 31.1 Å². The smallest absolute Gasteiger partial charge is 0.407 e. The molecule has 1 amide bonds. The van der Waals surface area contributed by atoms with Crippen LogP contribution < -0.4 is 16.0 Å². The van der Waals surface area contributed by atoms with E-state index in [-0.39, 0.29) is 48.1 Å². The number of carbonyl (C=O) groups excluding carboxylic acids is 1. The minimum Gasteiger partial charge on any atom is -0.444 e. The highest BCUT2D eigenvalue weighted by molar-refractivity contribution is 14.0. The number of aliphatic hydroxyl groups is 1. The Hall–Kier alpha value is -0.770. The maximum Gasteiger partial charge on any atom is 0.407 e. The van der Waals surface area contributed by atoms with Gasteiger partial charge in [-0.15, -0.1) is 24.0 Å². The first-order valence-corrected chi connectivity index (χ1v) is 10.5. The van der Waals surface area contributed by atoms with Gasteiger partial charge in [-0.2, -0.15) is 0 Å². The first-order chi connectivity index (χ1) is 12.8. The van der Waals surface area contributed by atoms with Crippen molar-refractivity contribution in [2.75, 3.05) is 13.1 Å². The summed E-state index contributed by atoms with van der Waals surface area (Å²) in [6.45, 7) is 9.17. The largest absolute Gasteiger partial charge is 0.444 e. The highest BCUT2D eigenvalue weighted by atomic mass is 127. The first kappa shape index (κ1) is 25.3. The summed E-state index contributed by atoms with van der Waals surface area (Å²) in [5.74, 6) is 1.12. The molecule has 0 aromatic heterocycles. The molecule has 0 heterocycles. The molecule has 2 aliphatic rings. The van der Waals surface area contributed by atoms with Gasteiger partial charge in [-0.1, -0.05) is 6.42 Å². The third-order valence-electron chi connectivity index (χ3n) is 5.24. The predicted molar refractivity (Wildman–Crippen MR) is 123 cm³/mol. The number of ether oxygens (including phenoxy) is 1. The molecule has 0 spiro atoms. The van der Waals surface area contributed by atoms with Crippen LogP contribution >= 0.6 is 24.0 Å². The predicted octanol–water partition coefficient (Wildman–Crippen LogP) is 3.16. The average Bonchev–Trinajstić information content (AvgIpc) is 2.98. The molecule has 28 heavy (non-hydrogen) atoms. The lowest BCUT2D eigenvalue weighted by molar-refractivity contribution is 0.0490. The Morgan fingerprint density at radius 1 is 1.07 bits per heavy atom. The van der Waals surface area contributed by atoms with Crippen molar-refractivity contribution in [3.8, 4) is 0 Å². The fourth-order valence-electron chi connectivity index (χ4n) is 3.81. The number of guanidine groups is 1. The van der Waals surface area contributed by atoms with Gasteiger partial charge in [-0.25, -0.2) is 4.79 Å². The van der Waals surface area contributed by atoms with Crippen molar-refractivity contribution in [2.45, 2.75) is 96.4 Å². The number of amides is 1. The molecule has 4 N–H and O–H groups in total. The van der Waals surface area contributed by atoms with Gasteiger partial charge >= 0.3 is 6.09 Å². The van der Waals surface area contributed by atoms with E-state index < -0.39 is 5.60 Å². The standard InChI is InChI=1S/C20H38N4O3.HI/c1-5-21-18(22-13-14-7-6-8-17(14)25)23-15-9-11-16(12-10-15)24-19(26)27-20(2,3)4;/h14-17,25H,5-13H2,1-4H3,(H,24,26)(H2,21,22,23);1H. The normalized spacial score (nSPS) is 28.2. The van der Waals surface area contributed by atoms with E-state index in [1.165, 1.54) is 0 Å². The molecule has 2 saturated carbocycles. The molecule has 2 unspecified atom stereocenters. The van der Waals surface area contributed by atoms with Crippen LogP contribution in [0.5, 0.6) is 0 Å². The number of nitrogens with one attached hydrogen (secondary N) is 3. The highest BCUT2D eigenvalue weighted by Gasteiger charge is 2.26. The van der Waals surface area contributed by atoms with Crippen LogP contribution in [-0.2, 0) is 4.74 Å². The lowest BCUT2D eigenvalue weighted by Gasteiger charge is -2.31. The summed E-state index contributed by atoms with van der Waals surface area (Å²) < 4.78 is 5.34.